The fourth-order valence-electron chi connectivity index (χ4n) is 3.60. The van der Waals surface area contributed by atoms with Gasteiger partial charge in [0.2, 0.25) is 5.95 Å². The number of fused-ring (bicyclic) bond motifs is 1. The molecule has 1 atom stereocenters. The van der Waals surface area contributed by atoms with E-state index in [2.05, 4.69) is 33.7 Å². The Balaban J connectivity index is 1.82. The van der Waals surface area contributed by atoms with Crippen LogP contribution in [0.15, 0.2) is 18.3 Å². The van der Waals surface area contributed by atoms with Crippen LogP contribution in [0.1, 0.15) is 42.7 Å². The van der Waals surface area contributed by atoms with E-state index in [4.69, 9.17) is 5.73 Å². The summed E-state index contributed by atoms with van der Waals surface area (Å²) in [4.78, 5) is 20.9. The van der Waals surface area contributed by atoms with Crippen molar-refractivity contribution in [1.82, 2.24) is 19.9 Å². The molecule has 0 aromatic carbocycles. The normalized spacial score (nSPS) is 20.1. The third-order valence-electron chi connectivity index (χ3n) is 4.86. The van der Waals surface area contributed by atoms with Gasteiger partial charge in [0.25, 0.3) is 5.91 Å². The highest BCUT2D eigenvalue weighted by Crippen LogP contribution is 2.38. The van der Waals surface area contributed by atoms with Crippen molar-refractivity contribution in [2.45, 2.75) is 45.7 Å². The first-order valence-electron chi connectivity index (χ1n) is 8.65. The summed E-state index contributed by atoms with van der Waals surface area (Å²) in [6.45, 7) is 5.23. The topological polar surface area (TPSA) is 85.8 Å². The predicted molar refractivity (Wildman–Crippen MR) is 92.4 cm³/mol. The Morgan fingerprint density at radius 2 is 2.21 bits per heavy atom. The van der Waals surface area contributed by atoms with Gasteiger partial charge in [-0.3, -0.25) is 4.79 Å². The van der Waals surface area contributed by atoms with Gasteiger partial charge in [0, 0.05) is 30.9 Å². The van der Waals surface area contributed by atoms with Crippen LogP contribution >= 0.6 is 0 Å². The summed E-state index contributed by atoms with van der Waals surface area (Å²) in [5, 5.41) is 3.18. The molecule has 126 valence electrons. The molecule has 6 heteroatoms. The number of hydrogen-bond donors (Lipinski definition) is 2. The minimum Gasteiger partial charge on any atom is -0.368 e. The monoisotopic (exact) mass is 325 g/mol. The number of anilines is 1. The average Bonchev–Trinajstić information content (AvgIpc) is 3.31. The lowest BCUT2D eigenvalue weighted by molar-refractivity contribution is 0.0918. The van der Waals surface area contributed by atoms with Gasteiger partial charge in [-0.25, -0.2) is 9.97 Å². The summed E-state index contributed by atoms with van der Waals surface area (Å²) in [5.74, 6) is 1.41. The maximum Gasteiger partial charge on any atom is 0.253 e. The number of nitrogens with two attached hydrogens (primary N) is 1. The van der Waals surface area contributed by atoms with Crippen molar-refractivity contribution >= 4 is 11.9 Å². The van der Waals surface area contributed by atoms with E-state index in [1.807, 2.05) is 12.1 Å². The minimum absolute atomic E-state index is 0.0407. The molecular formula is C18H23N5O. The molecule has 2 aliphatic rings. The molecule has 3 N–H and O–H groups in total. The molecule has 1 saturated carbocycles. The zero-order valence-corrected chi connectivity index (χ0v) is 14.1. The number of aromatic nitrogens is 3. The van der Waals surface area contributed by atoms with Crippen LogP contribution in [0.25, 0.3) is 11.4 Å². The number of rotatable bonds is 4. The van der Waals surface area contributed by atoms with Crippen LogP contribution in [0, 0.1) is 11.8 Å². The van der Waals surface area contributed by atoms with Crippen molar-refractivity contribution in [3.05, 3.63) is 29.6 Å². The number of nitrogens with zero attached hydrogens (tertiary/aromatic N) is 3. The Kier molecular flexibility index (Phi) is 3.55. The summed E-state index contributed by atoms with van der Waals surface area (Å²) < 4.78 is 2.26. The third-order valence-corrected chi connectivity index (χ3v) is 4.86. The Morgan fingerprint density at radius 3 is 2.88 bits per heavy atom. The van der Waals surface area contributed by atoms with E-state index in [1.165, 1.54) is 12.8 Å². The molecule has 3 heterocycles. The van der Waals surface area contributed by atoms with Crippen LogP contribution in [-0.2, 0) is 13.0 Å². The van der Waals surface area contributed by atoms with Crippen LogP contribution < -0.4 is 11.1 Å². The molecule has 0 spiro atoms. The number of nitrogen functional groups attached to an aromatic ring is 1. The van der Waals surface area contributed by atoms with Crippen LogP contribution in [0.5, 0.6) is 0 Å². The Labute approximate surface area is 141 Å². The SMILES string of the molecule is CC(C)Cn1c(-c2ccnc(N)n2)cc2c1CC(C1CC1)NC2=O. The highest BCUT2D eigenvalue weighted by Gasteiger charge is 2.38. The molecule has 0 saturated heterocycles. The van der Waals surface area contributed by atoms with Crippen molar-refractivity contribution in [3.63, 3.8) is 0 Å². The van der Waals surface area contributed by atoms with Crippen LogP contribution in [0.2, 0.25) is 0 Å². The second-order valence-corrected chi connectivity index (χ2v) is 7.32. The van der Waals surface area contributed by atoms with Crippen molar-refractivity contribution in [2.24, 2.45) is 11.8 Å². The van der Waals surface area contributed by atoms with Crippen LogP contribution in [0.4, 0.5) is 5.95 Å². The van der Waals surface area contributed by atoms with Crippen molar-refractivity contribution in [3.8, 4) is 11.4 Å². The average molecular weight is 325 g/mol. The van der Waals surface area contributed by atoms with E-state index in [-0.39, 0.29) is 17.9 Å². The standard InChI is InChI=1S/C18H23N5O/c1-10(2)9-23-15-8-14(11-3-4-11)21-17(24)12(15)7-16(23)13-5-6-20-18(19)22-13/h5-7,10-11,14H,3-4,8-9H2,1-2H3,(H,21,24)(H2,19,20,22). The van der Waals surface area contributed by atoms with Gasteiger partial charge in [0.15, 0.2) is 0 Å². The number of carbonyl (C=O) groups excluding carboxylic acids is 1. The number of hydrogen-bond acceptors (Lipinski definition) is 4. The quantitative estimate of drug-likeness (QED) is 0.903. The lowest BCUT2D eigenvalue weighted by Gasteiger charge is -2.26. The Hall–Kier alpha value is -2.37. The second kappa shape index (κ2) is 5.61. The first kappa shape index (κ1) is 15.2. The highest BCUT2D eigenvalue weighted by molar-refractivity contribution is 5.98. The van der Waals surface area contributed by atoms with Gasteiger partial charge in [-0.1, -0.05) is 13.8 Å². The summed E-state index contributed by atoms with van der Waals surface area (Å²) in [6.07, 6.45) is 5.01. The zero-order chi connectivity index (χ0) is 16.8. The lowest BCUT2D eigenvalue weighted by Crippen LogP contribution is -2.43. The zero-order valence-electron chi connectivity index (χ0n) is 14.1. The Morgan fingerprint density at radius 1 is 1.42 bits per heavy atom. The second-order valence-electron chi connectivity index (χ2n) is 7.32. The first-order valence-corrected chi connectivity index (χ1v) is 8.65. The van der Waals surface area contributed by atoms with E-state index in [9.17, 15) is 4.79 Å². The number of amides is 1. The van der Waals surface area contributed by atoms with E-state index in [0.29, 0.717) is 11.8 Å². The van der Waals surface area contributed by atoms with Crippen molar-refractivity contribution in [2.75, 3.05) is 5.73 Å². The van der Waals surface area contributed by atoms with Gasteiger partial charge in [0.05, 0.1) is 17.0 Å². The fraction of sp³-hybridized carbons (Fsp3) is 0.500. The number of carbonyl (C=O) groups is 1. The molecule has 1 unspecified atom stereocenters. The molecule has 1 aliphatic heterocycles. The maximum atomic E-state index is 12.6. The van der Waals surface area contributed by atoms with Crippen LogP contribution in [-0.4, -0.2) is 26.5 Å². The van der Waals surface area contributed by atoms with Gasteiger partial charge in [-0.05, 0) is 36.8 Å². The summed E-state index contributed by atoms with van der Waals surface area (Å²) in [5.41, 5.74) is 9.39. The molecule has 1 fully saturated rings. The molecule has 0 radical (unpaired) electrons. The molecule has 6 nitrogen and oxygen atoms in total. The predicted octanol–water partition coefficient (Wildman–Crippen LogP) is 2.25. The molecule has 2 aromatic rings. The van der Waals surface area contributed by atoms with E-state index >= 15 is 0 Å². The summed E-state index contributed by atoms with van der Waals surface area (Å²) in [7, 11) is 0. The summed E-state index contributed by atoms with van der Waals surface area (Å²) in [6, 6.07) is 4.08. The highest BCUT2D eigenvalue weighted by atomic mass is 16.1. The first-order chi connectivity index (χ1) is 11.5. The number of nitrogens with one attached hydrogen (secondary N) is 1. The van der Waals surface area contributed by atoms with E-state index in [1.54, 1.807) is 6.20 Å². The van der Waals surface area contributed by atoms with Crippen molar-refractivity contribution < 1.29 is 4.79 Å². The minimum atomic E-state index is 0.0407. The Bertz CT molecular complexity index is 791. The molecular weight excluding hydrogens is 302 g/mol. The van der Waals surface area contributed by atoms with Gasteiger partial charge >= 0.3 is 0 Å². The molecule has 4 rings (SSSR count). The van der Waals surface area contributed by atoms with Gasteiger partial charge < -0.3 is 15.6 Å². The molecule has 24 heavy (non-hydrogen) atoms. The van der Waals surface area contributed by atoms with Gasteiger partial charge in [-0.15, -0.1) is 0 Å². The third kappa shape index (κ3) is 2.66. The largest absolute Gasteiger partial charge is 0.368 e. The smallest absolute Gasteiger partial charge is 0.253 e. The van der Waals surface area contributed by atoms with E-state index in [0.717, 1.165) is 35.6 Å². The fourth-order valence-corrected chi connectivity index (χ4v) is 3.60. The molecule has 2 aromatic heterocycles. The van der Waals surface area contributed by atoms with Crippen LogP contribution in [0.3, 0.4) is 0 Å². The molecule has 0 bridgehead atoms. The summed E-state index contributed by atoms with van der Waals surface area (Å²) >= 11 is 0. The van der Waals surface area contributed by atoms with Gasteiger partial charge in [0.1, 0.15) is 0 Å². The van der Waals surface area contributed by atoms with E-state index < -0.39 is 0 Å². The molecule has 1 amide bonds. The maximum absolute atomic E-state index is 12.6. The lowest BCUT2D eigenvalue weighted by atomic mass is 9.98. The van der Waals surface area contributed by atoms with Crippen molar-refractivity contribution in [1.29, 1.82) is 0 Å². The molecule has 1 aliphatic carbocycles. The van der Waals surface area contributed by atoms with Gasteiger partial charge in [-0.2, -0.15) is 0 Å².